The molecule has 1 aromatic rings. The van der Waals surface area contributed by atoms with Gasteiger partial charge >= 0.3 is 6.09 Å². The molecule has 0 aromatic heterocycles. The second-order valence-corrected chi connectivity index (χ2v) is 6.28. The molecule has 0 bridgehead atoms. The lowest BCUT2D eigenvalue weighted by Gasteiger charge is -2.38. The average Bonchev–Trinajstić information content (AvgIpc) is 2.86. The summed E-state index contributed by atoms with van der Waals surface area (Å²) in [6, 6.07) is 4.94. The van der Waals surface area contributed by atoms with Gasteiger partial charge in [0, 0.05) is 30.7 Å². The van der Waals surface area contributed by atoms with Crippen LogP contribution in [-0.2, 0) is 10.2 Å². The third-order valence-electron chi connectivity index (χ3n) is 4.87. The second kappa shape index (κ2) is 6.15. The Kier molecular flexibility index (Phi) is 4.23. The highest BCUT2D eigenvalue weighted by atomic mass is 19.1. The van der Waals surface area contributed by atoms with Crippen LogP contribution >= 0.6 is 0 Å². The topological polar surface area (TPSA) is 41.6 Å². The summed E-state index contributed by atoms with van der Waals surface area (Å²) in [6.45, 7) is 4.73. The number of benzene rings is 1. The Morgan fingerprint density at radius 3 is 2.91 bits per heavy atom. The Morgan fingerprint density at radius 1 is 1.41 bits per heavy atom. The van der Waals surface area contributed by atoms with Crippen molar-refractivity contribution in [2.75, 3.05) is 31.6 Å². The molecule has 5 heteroatoms. The molecule has 1 N–H and O–H groups in total. The minimum absolute atomic E-state index is 0.0440. The zero-order valence-electron chi connectivity index (χ0n) is 13.0. The van der Waals surface area contributed by atoms with E-state index in [1.165, 1.54) is 6.07 Å². The fraction of sp³-hybridized carbons (Fsp3) is 0.588. The summed E-state index contributed by atoms with van der Waals surface area (Å²) in [5.74, 6) is -0.191. The molecule has 0 unspecified atom stereocenters. The molecule has 1 amide bonds. The number of amides is 1. The minimum atomic E-state index is -0.214. The largest absolute Gasteiger partial charge is 0.449 e. The van der Waals surface area contributed by atoms with Gasteiger partial charge in [-0.1, -0.05) is 13.3 Å². The molecule has 3 rings (SSSR count). The average molecular weight is 306 g/mol. The Balaban J connectivity index is 1.63. The number of nitrogens with zero attached hydrogens (tertiary/aromatic N) is 1. The molecule has 22 heavy (non-hydrogen) atoms. The highest BCUT2D eigenvalue weighted by Crippen LogP contribution is 2.44. The summed E-state index contributed by atoms with van der Waals surface area (Å²) in [7, 11) is 0. The van der Waals surface area contributed by atoms with Crippen molar-refractivity contribution in [2.24, 2.45) is 0 Å². The van der Waals surface area contributed by atoms with E-state index in [0.717, 1.165) is 43.5 Å². The first-order valence-corrected chi connectivity index (χ1v) is 8.10. The van der Waals surface area contributed by atoms with Crippen LogP contribution in [0, 0.1) is 5.82 Å². The van der Waals surface area contributed by atoms with Gasteiger partial charge < -0.3 is 15.0 Å². The number of carbonyl (C=O) groups is 1. The summed E-state index contributed by atoms with van der Waals surface area (Å²) in [4.78, 5) is 13.8. The maximum Gasteiger partial charge on any atom is 0.409 e. The van der Waals surface area contributed by atoms with Gasteiger partial charge in [0.25, 0.3) is 0 Å². The monoisotopic (exact) mass is 306 g/mol. The van der Waals surface area contributed by atoms with Crippen molar-refractivity contribution in [2.45, 2.75) is 38.0 Å². The van der Waals surface area contributed by atoms with E-state index < -0.39 is 0 Å². The first-order chi connectivity index (χ1) is 10.6. The van der Waals surface area contributed by atoms with Crippen molar-refractivity contribution in [3.8, 4) is 0 Å². The lowest BCUT2D eigenvalue weighted by atomic mass is 9.74. The van der Waals surface area contributed by atoms with E-state index in [9.17, 15) is 9.18 Å². The van der Waals surface area contributed by atoms with Gasteiger partial charge in [-0.25, -0.2) is 9.18 Å². The van der Waals surface area contributed by atoms with Crippen molar-refractivity contribution in [3.05, 3.63) is 29.6 Å². The van der Waals surface area contributed by atoms with Crippen LogP contribution in [0.25, 0.3) is 0 Å². The van der Waals surface area contributed by atoms with Gasteiger partial charge in [-0.15, -0.1) is 0 Å². The summed E-state index contributed by atoms with van der Waals surface area (Å²) in [5.41, 5.74) is 2.05. The Labute approximate surface area is 130 Å². The number of nitrogens with one attached hydrogen (secondary N) is 1. The molecule has 1 aromatic carbocycles. The van der Waals surface area contributed by atoms with Crippen LogP contribution in [-0.4, -0.2) is 37.2 Å². The number of halogens is 1. The fourth-order valence-corrected chi connectivity index (χ4v) is 3.43. The summed E-state index contributed by atoms with van der Waals surface area (Å²) in [6.07, 6.45) is 3.40. The molecule has 0 atom stereocenters. The standard InChI is InChI=1S/C17H23FN2O2/c1-2-3-10-22-16(21)20-8-6-17(7-9-20)12-19-15-5-4-13(18)11-14(15)17/h4-5,11,19H,2-3,6-10,12H2,1H3. The van der Waals surface area contributed by atoms with Gasteiger partial charge in [-0.2, -0.15) is 0 Å². The number of anilines is 1. The summed E-state index contributed by atoms with van der Waals surface area (Å²) < 4.78 is 18.8. The van der Waals surface area contributed by atoms with Crippen molar-refractivity contribution in [3.63, 3.8) is 0 Å². The number of piperidine rings is 1. The molecule has 4 nitrogen and oxygen atoms in total. The van der Waals surface area contributed by atoms with Crippen molar-refractivity contribution in [1.29, 1.82) is 0 Å². The lowest BCUT2D eigenvalue weighted by molar-refractivity contribution is 0.0836. The number of ether oxygens (including phenoxy) is 1. The van der Waals surface area contributed by atoms with E-state index in [2.05, 4.69) is 12.2 Å². The predicted octanol–water partition coefficient (Wildman–Crippen LogP) is 3.52. The highest BCUT2D eigenvalue weighted by Gasteiger charge is 2.42. The number of rotatable bonds is 3. The summed E-state index contributed by atoms with van der Waals surface area (Å²) in [5, 5.41) is 3.37. The Bertz CT molecular complexity index is 554. The smallest absolute Gasteiger partial charge is 0.409 e. The first-order valence-electron chi connectivity index (χ1n) is 8.10. The van der Waals surface area contributed by atoms with Crippen LogP contribution in [0.5, 0.6) is 0 Å². The van der Waals surface area contributed by atoms with E-state index in [4.69, 9.17) is 4.74 Å². The van der Waals surface area contributed by atoms with E-state index in [0.29, 0.717) is 19.7 Å². The molecule has 1 fully saturated rings. The molecule has 0 radical (unpaired) electrons. The zero-order chi connectivity index (χ0) is 15.6. The molecular formula is C17H23FN2O2. The van der Waals surface area contributed by atoms with Crippen molar-refractivity contribution < 1.29 is 13.9 Å². The van der Waals surface area contributed by atoms with Gasteiger partial charge in [0.2, 0.25) is 0 Å². The molecular weight excluding hydrogens is 283 g/mol. The molecule has 2 heterocycles. The molecule has 120 valence electrons. The van der Waals surface area contributed by atoms with E-state index in [1.807, 2.05) is 6.07 Å². The number of likely N-dealkylation sites (tertiary alicyclic amines) is 1. The van der Waals surface area contributed by atoms with Gasteiger partial charge in [-0.3, -0.25) is 0 Å². The Morgan fingerprint density at radius 2 is 2.18 bits per heavy atom. The number of carbonyl (C=O) groups excluding carboxylic acids is 1. The number of unbranched alkanes of at least 4 members (excludes halogenated alkanes) is 1. The molecule has 1 saturated heterocycles. The maximum absolute atomic E-state index is 13.6. The van der Waals surface area contributed by atoms with Gasteiger partial charge in [0.05, 0.1) is 6.61 Å². The lowest BCUT2D eigenvalue weighted by Crippen LogP contribution is -2.46. The number of fused-ring (bicyclic) bond motifs is 2. The zero-order valence-corrected chi connectivity index (χ0v) is 13.0. The molecule has 0 saturated carbocycles. The number of hydrogen-bond donors (Lipinski definition) is 1. The molecule has 2 aliphatic heterocycles. The third kappa shape index (κ3) is 2.76. The predicted molar refractivity (Wildman–Crippen MR) is 83.6 cm³/mol. The molecule has 1 spiro atoms. The summed E-state index contributed by atoms with van der Waals surface area (Å²) >= 11 is 0. The SMILES string of the molecule is CCCCOC(=O)N1CCC2(CC1)CNc1ccc(F)cc12. The van der Waals surface area contributed by atoms with Crippen molar-refractivity contribution in [1.82, 2.24) is 4.90 Å². The van der Waals surface area contributed by atoms with E-state index in [1.54, 1.807) is 11.0 Å². The minimum Gasteiger partial charge on any atom is -0.449 e. The van der Waals surface area contributed by atoms with E-state index in [-0.39, 0.29) is 17.3 Å². The first kappa shape index (κ1) is 15.1. The van der Waals surface area contributed by atoms with Gasteiger partial charge in [-0.05, 0) is 43.0 Å². The highest BCUT2D eigenvalue weighted by molar-refractivity contribution is 5.68. The normalized spacial score (nSPS) is 18.9. The maximum atomic E-state index is 13.6. The molecule has 2 aliphatic rings. The fourth-order valence-electron chi connectivity index (χ4n) is 3.43. The number of hydrogen-bond acceptors (Lipinski definition) is 3. The quantitative estimate of drug-likeness (QED) is 0.869. The Hall–Kier alpha value is -1.78. The van der Waals surface area contributed by atoms with Crippen LogP contribution in [0.15, 0.2) is 18.2 Å². The van der Waals surface area contributed by atoms with Crippen LogP contribution in [0.1, 0.15) is 38.2 Å². The third-order valence-corrected chi connectivity index (χ3v) is 4.87. The van der Waals surface area contributed by atoms with Crippen LogP contribution < -0.4 is 5.32 Å². The van der Waals surface area contributed by atoms with Crippen LogP contribution in [0.3, 0.4) is 0 Å². The van der Waals surface area contributed by atoms with Crippen LogP contribution in [0.2, 0.25) is 0 Å². The van der Waals surface area contributed by atoms with Crippen LogP contribution in [0.4, 0.5) is 14.9 Å². The molecule has 0 aliphatic carbocycles. The van der Waals surface area contributed by atoms with Gasteiger partial charge in [0.15, 0.2) is 0 Å². The van der Waals surface area contributed by atoms with Crippen molar-refractivity contribution >= 4 is 11.8 Å². The van der Waals surface area contributed by atoms with Gasteiger partial charge in [0.1, 0.15) is 5.82 Å². The van der Waals surface area contributed by atoms with E-state index >= 15 is 0 Å². The second-order valence-electron chi connectivity index (χ2n) is 6.28.